The molecule has 25 heavy (non-hydrogen) atoms. The highest BCUT2D eigenvalue weighted by molar-refractivity contribution is 6.46. The second kappa shape index (κ2) is 6.86. The summed E-state index contributed by atoms with van der Waals surface area (Å²) < 4.78 is 0. The minimum absolute atomic E-state index is 0.00449. The lowest BCUT2D eigenvalue weighted by atomic mass is 9.96. The van der Waals surface area contributed by atoms with Crippen molar-refractivity contribution in [2.75, 3.05) is 6.54 Å². The first-order valence-corrected chi connectivity index (χ1v) is 7.92. The first-order valence-electron chi connectivity index (χ1n) is 7.92. The Morgan fingerprint density at radius 3 is 2.52 bits per heavy atom. The number of benzene rings is 1. The van der Waals surface area contributed by atoms with Crippen molar-refractivity contribution in [3.63, 3.8) is 0 Å². The number of pyridine rings is 1. The molecule has 0 aliphatic carbocycles. The van der Waals surface area contributed by atoms with Gasteiger partial charge in [0.05, 0.1) is 17.7 Å². The lowest BCUT2D eigenvalue weighted by Crippen LogP contribution is -2.35. The minimum atomic E-state index is -0.811. The number of likely N-dealkylation sites (tertiary alicyclic amines) is 1. The summed E-state index contributed by atoms with van der Waals surface area (Å²) in [6, 6.07) is 11.2. The molecule has 2 aromatic rings. The Hall–Kier alpha value is -2.99. The van der Waals surface area contributed by atoms with Crippen molar-refractivity contribution in [3.05, 3.63) is 71.6 Å². The fraction of sp³-hybridized carbons (Fsp3) is 0.211. The maximum Gasteiger partial charge on any atom is 0.295 e. The molecular formula is C19H18N2O4. The molecule has 1 aliphatic heterocycles. The largest absolute Gasteiger partial charge is 0.507 e. The van der Waals surface area contributed by atoms with Crippen LogP contribution in [-0.2, 0) is 9.59 Å². The number of nitrogens with zero attached hydrogens (tertiary/aromatic N) is 2. The number of hydrogen-bond donors (Lipinski definition) is 2. The van der Waals surface area contributed by atoms with E-state index in [1.54, 1.807) is 54.9 Å². The smallest absolute Gasteiger partial charge is 0.295 e. The van der Waals surface area contributed by atoms with Crippen LogP contribution in [0.5, 0.6) is 0 Å². The van der Waals surface area contributed by atoms with Crippen molar-refractivity contribution in [2.45, 2.75) is 19.1 Å². The molecule has 2 N–H and O–H groups in total. The van der Waals surface area contributed by atoms with Gasteiger partial charge in [0.15, 0.2) is 0 Å². The third-order valence-corrected chi connectivity index (χ3v) is 4.05. The maximum absolute atomic E-state index is 12.6. The fourth-order valence-corrected chi connectivity index (χ4v) is 2.99. The molecule has 0 spiro atoms. The Morgan fingerprint density at radius 2 is 1.92 bits per heavy atom. The van der Waals surface area contributed by atoms with E-state index in [4.69, 9.17) is 0 Å². The van der Waals surface area contributed by atoms with Crippen LogP contribution in [0.15, 0.2) is 60.4 Å². The second-order valence-electron chi connectivity index (χ2n) is 5.95. The van der Waals surface area contributed by atoms with Gasteiger partial charge in [-0.05, 0) is 18.6 Å². The van der Waals surface area contributed by atoms with Crippen LogP contribution < -0.4 is 0 Å². The first-order chi connectivity index (χ1) is 12.0. The van der Waals surface area contributed by atoms with E-state index >= 15 is 0 Å². The summed E-state index contributed by atoms with van der Waals surface area (Å²) in [6.45, 7) is 1.52. The zero-order valence-corrected chi connectivity index (χ0v) is 13.7. The number of aliphatic hydroxyl groups is 2. The molecule has 3 rings (SSSR count). The molecule has 0 saturated carbocycles. The second-order valence-corrected chi connectivity index (χ2v) is 5.95. The minimum Gasteiger partial charge on any atom is -0.507 e. The third-order valence-electron chi connectivity index (χ3n) is 4.05. The molecule has 2 unspecified atom stereocenters. The zero-order chi connectivity index (χ0) is 18.0. The van der Waals surface area contributed by atoms with E-state index in [0.717, 1.165) is 0 Å². The standard InChI is InChI=1S/C19H18N2O4/c1-12(22)11-21-16(14-8-5-9-20-10-14)15(18(24)19(21)25)17(23)13-6-3-2-4-7-13/h2-10,12,16,22-23H,11H2,1H3/b17-15+. The molecule has 1 aliphatic rings. The van der Waals surface area contributed by atoms with Gasteiger partial charge in [0.2, 0.25) is 0 Å². The van der Waals surface area contributed by atoms with Crippen LogP contribution >= 0.6 is 0 Å². The van der Waals surface area contributed by atoms with E-state index < -0.39 is 23.8 Å². The van der Waals surface area contributed by atoms with Crippen molar-refractivity contribution in [1.82, 2.24) is 9.88 Å². The molecular weight excluding hydrogens is 320 g/mol. The van der Waals surface area contributed by atoms with E-state index in [0.29, 0.717) is 11.1 Å². The lowest BCUT2D eigenvalue weighted by molar-refractivity contribution is -0.140. The number of Topliss-reactive ketones (excluding diaryl/α,β-unsaturated/α-hetero) is 1. The topological polar surface area (TPSA) is 90.7 Å². The van der Waals surface area contributed by atoms with Crippen LogP contribution in [0.4, 0.5) is 0 Å². The summed E-state index contributed by atoms with van der Waals surface area (Å²) in [5, 5.41) is 20.4. The Labute approximate surface area is 145 Å². The molecule has 0 radical (unpaired) electrons. The average Bonchev–Trinajstić information content (AvgIpc) is 2.87. The monoisotopic (exact) mass is 338 g/mol. The number of aromatic nitrogens is 1. The van der Waals surface area contributed by atoms with Gasteiger partial charge in [-0.1, -0.05) is 36.4 Å². The summed E-state index contributed by atoms with van der Waals surface area (Å²) >= 11 is 0. The quantitative estimate of drug-likeness (QED) is 0.505. The number of hydrogen-bond acceptors (Lipinski definition) is 5. The van der Waals surface area contributed by atoms with Crippen molar-refractivity contribution in [1.29, 1.82) is 0 Å². The molecule has 1 fully saturated rings. The molecule has 2 heterocycles. The van der Waals surface area contributed by atoms with Gasteiger partial charge in [-0.15, -0.1) is 0 Å². The molecule has 1 amide bonds. The van der Waals surface area contributed by atoms with Crippen molar-refractivity contribution >= 4 is 17.4 Å². The van der Waals surface area contributed by atoms with Gasteiger partial charge in [0.1, 0.15) is 5.76 Å². The number of rotatable bonds is 4. The summed E-state index contributed by atoms with van der Waals surface area (Å²) in [5.41, 5.74) is 1.05. The highest BCUT2D eigenvalue weighted by Gasteiger charge is 2.46. The van der Waals surface area contributed by atoms with Crippen LogP contribution in [0.3, 0.4) is 0 Å². The molecule has 6 nitrogen and oxygen atoms in total. The predicted molar refractivity (Wildman–Crippen MR) is 91.4 cm³/mol. The predicted octanol–water partition coefficient (Wildman–Crippen LogP) is 1.88. The molecule has 1 saturated heterocycles. The molecule has 2 atom stereocenters. The van der Waals surface area contributed by atoms with E-state index in [2.05, 4.69) is 4.98 Å². The normalized spacial score (nSPS) is 20.7. The molecule has 0 bridgehead atoms. The van der Waals surface area contributed by atoms with Crippen LogP contribution in [0.2, 0.25) is 0 Å². The summed E-state index contributed by atoms with van der Waals surface area (Å²) in [4.78, 5) is 30.4. The SMILES string of the molecule is CC(O)CN1C(=O)C(=O)/C(=C(/O)c2ccccc2)C1c1cccnc1. The summed E-state index contributed by atoms with van der Waals surface area (Å²) in [6.07, 6.45) is 2.32. The number of aliphatic hydroxyl groups excluding tert-OH is 2. The molecule has 128 valence electrons. The summed E-state index contributed by atoms with van der Waals surface area (Å²) in [5.74, 6) is -1.75. The van der Waals surface area contributed by atoms with Gasteiger partial charge >= 0.3 is 0 Å². The summed E-state index contributed by atoms with van der Waals surface area (Å²) in [7, 11) is 0. The Kier molecular flexibility index (Phi) is 4.63. The zero-order valence-electron chi connectivity index (χ0n) is 13.7. The van der Waals surface area contributed by atoms with Gasteiger partial charge < -0.3 is 15.1 Å². The number of amides is 1. The van der Waals surface area contributed by atoms with Gasteiger partial charge in [-0.25, -0.2) is 0 Å². The molecule has 1 aromatic heterocycles. The number of carbonyl (C=O) groups is 2. The van der Waals surface area contributed by atoms with Crippen LogP contribution in [0.1, 0.15) is 24.1 Å². The Morgan fingerprint density at radius 1 is 1.20 bits per heavy atom. The van der Waals surface area contributed by atoms with Crippen LogP contribution in [0, 0.1) is 0 Å². The lowest BCUT2D eigenvalue weighted by Gasteiger charge is -2.26. The highest BCUT2D eigenvalue weighted by Crippen LogP contribution is 2.38. The van der Waals surface area contributed by atoms with E-state index in [-0.39, 0.29) is 17.9 Å². The van der Waals surface area contributed by atoms with E-state index in [1.807, 2.05) is 0 Å². The van der Waals surface area contributed by atoms with Gasteiger partial charge in [0, 0.05) is 24.5 Å². The van der Waals surface area contributed by atoms with E-state index in [9.17, 15) is 19.8 Å². The van der Waals surface area contributed by atoms with Gasteiger partial charge in [-0.2, -0.15) is 0 Å². The van der Waals surface area contributed by atoms with Crippen molar-refractivity contribution < 1.29 is 19.8 Å². The van der Waals surface area contributed by atoms with Gasteiger partial charge in [0.25, 0.3) is 11.7 Å². The molecule has 6 heteroatoms. The number of β-amino-alcohol motifs (C(OH)–C–C–N with tert-alkyl or cyclic N) is 1. The van der Waals surface area contributed by atoms with Crippen LogP contribution in [-0.4, -0.2) is 44.4 Å². The Bertz CT molecular complexity index is 816. The van der Waals surface area contributed by atoms with Crippen molar-refractivity contribution in [2.24, 2.45) is 0 Å². The number of ketones is 1. The Balaban J connectivity index is 2.18. The average molecular weight is 338 g/mol. The fourth-order valence-electron chi connectivity index (χ4n) is 2.99. The maximum atomic E-state index is 12.6. The first kappa shape index (κ1) is 16.9. The van der Waals surface area contributed by atoms with Crippen molar-refractivity contribution in [3.8, 4) is 0 Å². The highest BCUT2D eigenvalue weighted by atomic mass is 16.3. The number of carbonyl (C=O) groups excluding carboxylic acids is 2. The van der Waals surface area contributed by atoms with Gasteiger partial charge in [-0.3, -0.25) is 14.6 Å². The van der Waals surface area contributed by atoms with Crippen LogP contribution in [0.25, 0.3) is 5.76 Å². The third kappa shape index (κ3) is 3.16. The van der Waals surface area contributed by atoms with E-state index in [1.165, 1.54) is 11.8 Å². The molecule has 1 aromatic carbocycles.